The van der Waals surface area contributed by atoms with E-state index in [1.54, 1.807) is 28.8 Å². The first-order valence-corrected chi connectivity index (χ1v) is 11.1. The molecule has 1 atom stereocenters. The van der Waals surface area contributed by atoms with Crippen molar-refractivity contribution >= 4 is 16.8 Å². The van der Waals surface area contributed by atoms with E-state index in [4.69, 9.17) is 0 Å². The lowest BCUT2D eigenvalue weighted by Crippen LogP contribution is -2.35. The highest BCUT2D eigenvalue weighted by atomic mass is 19.4. The van der Waals surface area contributed by atoms with Crippen LogP contribution in [0.15, 0.2) is 65.8 Å². The zero-order valence-electron chi connectivity index (χ0n) is 18.7. The molecule has 4 heterocycles. The van der Waals surface area contributed by atoms with Crippen molar-refractivity contribution in [2.75, 3.05) is 13.1 Å². The number of nitrogens with zero attached hydrogens (tertiary/aromatic N) is 4. The number of rotatable bonds is 4. The van der Waals surface area contributed by atoms with Crippen molar-refractivity contribution in [2.24, 2.45) is 0 Å². The SMILES string of the molecule is O=C(Cn1ccc2c(c(-c3ccc(F)c(C(F)(F)F)c3)cn2-c2ccccn2)c1=O)N1CCC(F)C1. The van der Waals surface area contributed by atoms with Gasteiger partial charge >= 0.3 is 6.18 Å². The number of benzene rings is 1. The Morgan fingerprint density at radius 2 is 1.94 bits per heavy atom. The molecule has 6 nitrogen and oxygen atoms in total. The molecule has 11 heteroatoms. The van der Waals surface area contributed by atoms with E-state index in [9.17, 15) is 31.5 Å². The van der Waals surface area contributed by atoms with Crippen molar-refractivity contribution in [1.29, 1.82) is 0 Å². The maximum atomic E-state index is 14.0. The van der Waals surface area contributed by atoms with E-state index in [0.29, 0.717) is 23.5 Å². The molecule has 0 radical (unpaired) electrons. The van der Waals surface area contributed by atoms with E-state index in [1.165, 1.54) is 23.5 Å². The quantitative estimate of drug-likeness (QED) is 0.384. The number of likely N-dealkylation sites (tertiary alicyclic amines) is 1. The van der Waals surface area contributed by atoms with Crippen LogP contribution in [0.3, 0.4) is 0 Å². The summed E-state index contributed by atoms with van der Waals surface area (Å²) >= 11 is 0. The first kappa shape index (κ1) is 23.7. The predicted octanol–water partition coefficient (Wildman–Crippen LogP) is 4.58. The number of fused-ring (bicyclic) bond motifs is 1. The van der Waals surface area contributed by atoms with E-state index < -0.39 is 35.2 Å². The number of pyridine rings is 2. The van der Waals surface area contributed by atoms with Crippen molar-refractivity contribution in [3.05, 3.63) is 82.8 Å². The summed E-state index contributed by atoms with van der Waals surface area (Å²) in [6.45, 7) is -0.159. The van der Waals surface area contributed by atoms with Crippen LogP contribution >= 0.6 is 0 Å². The summed E-state index contributed by atoms with van der Waals surface area (Å²) in [4.78, 5) is 31.7. The molecule has 1 saturated heterocycles. The summed E-state index contributed by atoms with van der Waals surface area (Å²) < 4.78 is 70.4. The molecule has 1 aromatic carbocycles. The van der Waals surface area contributed by atoms with Crippen LogP contribution in [0, 0.1) is 5.82 Å². The fourth-order valence-corrected chi connectivity index (χ4v) is 4.41. The van der Waals surface area contributed by atoms with Gasteiger partial charge in [0.15, 0.2) is 0 Å². The molecule has 0 saturated carbocycles. The Hall–Kier alpha value is -4.02. The van der Waals surface area contributed by atoms with E-state index in [-0.39, 0.29) is 42.6 Å². The molecule has 3 aromatic heterocycles. The molecule has 36 heavy (non-hydrogen) atoms. The lowest BCUT2D eigenvalue weighted by Gasteiger charge is -2.16. The summed E-state index contributed by atoms with van der Waals surface area (Å²) in [5, 5.41) is 0.0421. The van der Waals surface area contributed by atoms with Crippen molar-refractivity contribution in [3.63, 3.8) is 0 Å². The fourth-order valence-electron chi connectivity index (χ4n) is 4.41. The highest BCUT2D eigenvalue weighted by Crippen LogP contribution is 2.36. The maximum absolute atomic E-state index is 14.0. The number of amides is 1. The molecule has 1 unspecified atom stereocenters. The number of carbonyl (C=O) groups is 1. The third-order valence-electron chi connectivity index (χ3n) is 6.20. The Bertz CT molecular complexity index is 1510. The fraction of sp³-hybridized carbons (Fsp3) is 0.240. The van der Waals surface area contributed by atoms with Gasteiger partial charge in [-0.3, -0.25) is 9.59 Å². The van der Waals surface area contributed by atoms with Gasteiger partial charge in [0.05, 0.1) is 23.0 Å². The lowest BCUT2D eigenvalue weighted by molar-refractivity contribution is -0.140. The van der Waals surface area contributed by atoms with Crippen LogP contribution in [-0.2, 0) is 17.5 Å². The maximum Gasteiger partial charge on any atom is 0.419 e. The molecular weight excluding hydrogens is 483 g/mol. The zero-order chi connectivity index (χ0) is 25.6. The van der Waals surface area contributed by atoms with Crippen molar-refractivity contribution < 1.29 is 26.7 Å². The van der Waals surface area contributed by atoms with Gasteiger partial charge in [0.2, 0.25) is 5.91 Å². The van der Waals surface area contributed by atoms with Crippen LogP contribution in [0.25, 0.3) is 27.8 Å². The van der Waals surface area contributed by atoms with Crippen LogP contribution in [0.1, 0.15) is 12.0 Å². The minimum Gasteiger partial charge on any atom is -0.338 e. The van der Waals surface area contributed by atoms with Crippen molar-refractivity contribution in [1.82, 2.24) is 19.0 Å². The first-order valence-electron chi connectivity index (χ1n) is 11.1. The number of carbonyl (C=O) groups excluding carboxylic acids is 1. The number of aromatic nitrogens is 3. The molecule has 1 fully saturated rings. The Balaban J connectivity index is 1.68. The van der Waals surface area contributed by atoms with E-state index in [0.717, 1.165) is 10.6 Å². The number of alkyl halides is 4. The van der Waals surface area contributed by atoms with Gasteiger partial charge in [0.25, 0.3) is 5.56 Å². The van der Waals surface area contributed by atoms with Crippen LogP contribution in [0.2, 0.25) is 0 Å². The Morgan fingerprint density at radius 3 is 2.61 bits per heavy atom. The standard InChI is InChI=1S/C25H19F5N4O2/c26-16-6-9-32(12-16)22(35)14-33-10-7-20-23(24(33)36)17(13-34(20)21-3-1-2-8-31-21)15-4-5-19(27)18(11-15)25(28,29)30/h1-5,7-8,10-11,13,16H,6,9,12,14H2. The highest BCUT2D eigenvalue weighted by molar-refractivity contribution is 5.96. The summed E-state index contributed by atoms with van der Waals surface area (Å²) in [5.74, 6) is -1.46. The molecule has 186 valence electrons. The zero-order valence-corrected chi connectivity index (χ0v) is 18.7. The lowest BCUT2D eigenvalue weighted by atomic mass is 10.0. The van der Waals surface area contributed by atoms with Gasteiger partial charge in [0, 0.05) is 30.7 Å². The number of hydrogen-bond donors (Lipinski definition) is 0. The molecule has 5 rings (SSSR count). The summed E-state index contributed by atoms with van der Waals surface area (Å²) in [6, 6.07) is 9.12. The van der Waals surface area contributed by atoms with Gasteiger partial charge in [-0.1, -0.05) is 12.1 Å². The minimum absolute atomic E-state index is 0.0237. The topological polar surface area (TPSA) is 60.1 Å². The van der Waals surface area contributed by atoms with E-state index in [1.807, 2.05) is 0 Å². The van der Waals surface area contributed by atoms with Gasteiger partial charge in [-0.15, -0.1) is 0 Å². The molecule has 1 amide bonds. The van der Waals surface area contributed by atoms with Gasteiger partial charge in [0.1, 0.15) is 24.4 Å². The molecule has 1 aliphatic heterocycles. The summed E-state index contributed by atoms with van der Waals surface area (Å²) in [7, 11) is 0. The van der Waals surface area contributed by atoms with Crippen LogP contribution < -0.4 is 5.56 Å². The average molecular weight is 502 g/mol. The molecular formula is C25H19F5N4O2. The van der Waals surface area contributed by atoms with Gasteiger partial charge in [-0.2, -0.15) is 13.2 Å². The minimum atomic E-state index is -4.93. The molecule has 0 bridgehead atoms. The Morgan fingerprint density at radius 1 is 1.14 bits per heavy atom. The molecule has 0 spiro atoms. The Kier molecular flexibility index (Phi) is 5.85. The highest BCUT2D eigenvalue weighted by Gasteiger charge is 2.34. The molecule has 0 aliphatic carbocycles. The second-order valence-electron chi connectivity index (χ2n) is 8.53. The van der Waals surface area contributed by atoms with Gasteiger partial charge in [-0.05, 0) is 42.3 Å². The average Bonchev–Trinajstić information content (AvgIpc) is 3.45. The van der Waals surface area contributed by atoms with E-state index in [2.05, 4.69) is 4.98 Å². The number of hydrogen-bond acceptors (Lipinski definition) is 3. The normalized spacial score (nSPS) is 16.1. The molecule has 0 N–H and O–H groups in total. The smallest absolute Gasteiger partial charge is 0.338 e. The van der Waals surface area contributed by atoms with Crippen molar-refractivity contribution in [2.45, 2.75) is 25.3 Å². The molecule has 1 aliphatic rings. The molecule has 4 aromatic rings. The summed E-state index contributed by atoms with van der Waals surface area (Å²) in [6.07, 6.45) is -1.44. The van der Waals surface area contributed by atoms with Gasteiger partial charge < -0.3 is 14.0 Å². The number of halogens is 5. The van der Waals surface area contributed by atoms with Crippen LogP contribution in [0.5, 0.6) is 0 Å². The summed E-state index contributed by atoms with van der Waals surface area (Å²) in [5.41, 5.74) is -1.64. The third-order valence-corrected chi connectivity index (χ3v) is 6.20. The van der Waals surface area contributed by atoms with E-state index >= 15 is 0 Å². The van der Waals surface area contributed by atoms with Gasteiger partial charge in [-0.25, -0.2) is 13.8 Å². The van der Waals surface area contributed by atoms with Crippen LogP contribution in [0.4, 0.5) is 22.0 Å². The second-order valence-corrected chi connectivity index (χ2v) is 8.53. The monoisotopic (exact) mass is 502 g/mol. The van der Waals surface area contributed by atoms with Crippen molar-refractivity contribution in [3.8, 4) is 16.9 Å². The Labute approximate surface area is 201 Å². The predicted molar refractivity (Wildman–Crippen MR) is 122 cm³/mol. The largest absolute Gasteiger partial charge is 0.419 e. The van der Waals surface area contributed by atoms with Crippen LogP contribution in [-0.4, -0.2) is 44.2 Å². The second kappa shape index (κ2) is 8.89. The first-order chi connectivity index (χ1) is 17.1. The third kappa shape index (κ3) is 4.25.